The van der Waals surface area contributed by atoms with Gasteiger partial charge < -0.3 is 10.2 Å². The van der Waals surface area contributed by atoms with Crippen molar-refractivity contribution in [2.45, 2.75) is 64.7 Å². The second-order valence-corrected chi connectivity index (χ2v) is 5.32. The number of para-hydroxylation sites is 1. The molecular weight excluding hydrogens is 252 g/mol. The number of ketones is 1. The van der Waals surface area contributed by atoms with Gasteiger partial charge in [-0.2, -0.15) is 0 Å². The van der Waals surface area contributed by atoms with Crippen LogP contribution in [0.25, 0.3) is 0 Å². The van der Waals surface area contributed by atoms with Crippen LogP contribution in [-0.2, 0) is 0 Å². The molecule has 0 bridgehead atoms. The standard InChI is InChI=1S/C17H26O3/c1-2-3-4-5-6-7-8-9-12-15(18)14-11-10-13-16(19)17(14)20/h10-11,13,19-20H,2-9,12H2,1H3. The Hall–Kier alpha value is -1.51. The van der Waals surface area contributed by atoms with Crippen LogP contribution in [0.4, 0.5) is 0 Å². The number of hydrogen-bond donors (Lipinski definition) is 2. The molecule has 0 saturated carbocycles. The van der Waals surface area contributed by atoms with Crippen LogP contribution in [0.5, 0.6) is 11.5 Å². The van der Waals surface area contributed by atoms with Gasteiger partial charge in [-0.3, -0.25) is 4.79 Å². The van der Waals surface area contributed by atoms with Gasteiger partial charge in [-0.1, -0.05) is 57.9 Å². The summed E-state index contributed by atoms with van der Waals surface area (Å²) in [7, 11) is 0. The minimum Gasteiger partial charge on any atom is -0.504 e. The number of Topliss-reactive ketones (excluding diaryl/α,β-unsaturated/α-hetero) is 1. The maximum absolute atomic E-state index is 11.9. The van der Waals surface area contributed by atoms with Crippen molar-refractivity contribution >= 4 is 5.78 Å². The molecule has 1 aromatic rings. The van der Waals surface area contributed by atoms with E-state index in [1.54, 1.807) is 12.1 Å². The number of hydrogen-bond acceptors (Lipinski definition) is 3. The largest absolute Gasteiger partial charge is 0.504 e. The topological polar surface area (TPSA) is 57.5 Å². The monoisotopic (exact) mass is 278 g/mol. The fourth-order valence-corrected chi connectivity index (χ4v) is 2.31. The number of carbonyl (C=O) groups is 1. The number of aromatic hydroxyl groups is 2. The lowest BCUT2D eigenvalue weighted by Gasteiger charge is -2.05. The lowest BCUT2D eigenvalue weighted by Crippen LogP contribution is -1.99. The van der Waals surface area contributed by atoms with Crippen molar-refractivity contribution in [2.75, 3.05) is 0 Å². The lowest BCUT2D eigenvalue weighted by molar-refractivity contribution is 0.0976. The molecular formula is C17H26O3. The third-order valence-corrected chi connectivity index (χ3v) is 3.57. The minimum absolute atomic E-state index is 0.0932. The lowest BCUT2D eigenvalue weighted by atomic mass is 10.0. The van der Waals surface area contributed by atoms with Crippen molar-refractivity contribution in [3.8, 4) is 11.5 Å². The van der Waals surface area contributed by atoms with Crippen LogP contribution < -0.4 is 0 Å². The first-order chi connectivity index (χ1) is 9.66. The molecule has 0 saturated heterocycles. The Balaban J connectivity index is 2.19. The molecule has 0 aliphatic carbocycles. The minimum atomic E-state index is -0.294. The second-order valence-electron chi connectivity index (χ2n) is 5.32. The zero-order valence-corrected chi connectivity index (χ0v) is 12.4. The molecule has 0 unspecified atom stereocenters. The van der Waals surface area contributed by atoms with E-state index in [2.05, 4.69) is 6.92 Å². The van der Waals surface area contributed by atoms with Crippen molar-refractivity contribution < 1.29 is 15.0 Å². The highest BCUT2D eigenvalue weighted by molar-refractivity contribution is 5.99. The number of benzene rings is 1. The Morgan fingerprint density at radius 1 is 0.950 bits per heavy atom. The van der Waals surface area contributed by atoms with E-state index >= 15 is 0 Å². The molecule has 2 N–H and O–H groups in total. The smallest absolute Gasteiger partial charge is 0.168 e. The Kier molecular flexibility index (Phi) is 7.78. The summed E-state index contributed by atoms with van der Waals surface area (Å²) in [4.78, 5) is 11.9. The van der Waals surface area contributed by atoms with Gasteiger partial charge in [-0.05, 0) is 18.6 Å². The number of phenolic OH excluding ortho intramolecular Hbond substituents is 2. The van der Waals surface area contributed by atoms with Crippen LogP contribution in [0, 0.1) is 0 Å². The van der Waals surface area contributed by atoms with Crippen LogP contribution in [0.15, 0.2) is 18.2 Å². The molecule has 20 heavy (non-hydrogen) atoms. The van der Waals surface area contributed by atoms with Gasteiger partial charge in [0.15, 0.2) is 17.3 Å². The molecule has 3 nitrogen and oxygen atoms in total. The summed E-state index contributed by atoms with van der Waals surface area (Å²) in [6.07, 6.45) is 9.93. The molecule has 112 valence electrons. The van der Waals surface area contributed by atoms with Gasteiger partial charge in [0.05, 0.1) is 5.56 Å². The van der Waals surface area contributed by atoms with Crippen LogP contribution in [0.3, 0.4) is 0 Å². The Morgan fingerprint density at radius 2 is 1.55 bits per heavy atom. The van der Waals surface area contributed by atoms with Crippen LogP contribution >= 0.6 is 0 Å². The summed E-state index contributed by atoms with van der Waals surface area (Å²) in [5.41, 5.74) is 0.230. The first-order valence-corrected chi connectivity index (χ1v) is 7.71. The maximum Gasteiger partial charge on any atom is 0.168 e. The van der Waals surface area contributed by atoms with E-state index in [4.69, 9.17) is 0 Å². The summed E-state index contributed by atoms with van der Waals surface area (Å²) in [6.45, 7) is 2.21. The highest BCUT2D eigenvalue weighted by Gasteiger charge is 2.13. The number of rotatable bonds is 10. The van der Waals surface area contributed by atoms with E-state index in [0.29, 0.717) is 6.42 Å². The molecule has 0 amide bonds. The SMILES string of the molecule is CCCCCCCCCCC(=O)c1cccc(O)c1O. The van der Waals surface area contributed by atoms with Crippen molar-refractivity contribution in [1.29, 1.82) is 0 Å². The molecule has 1 aromatic carbocycles. The molecule has 0 aromatic heterocycles. The zero-order valence-electron chi connectivity index (χ0n) is 12.4. The molecule has 0 fully saturated rings. The first kappa shape index (κ1) is 16.5. The zero-order chi connectivity index (χ0) is 14.8. The predicted octanol–water partition coefficient (Wildman–Crippen LogP) is 4.81. The van der Waals surface area contributed by atoms with Gasteiger partial charge in [0.25, 0.3) is 0 Å². The average molecular weight is 278 g/mol. The molecule has 0 spiro atoms. The van der Waals surface area contributed by atoms with Crippen molar-refractivity contribution in [3.63, 3.8) is 0 Å². The normalized spacial score (nSPS) is 10.7. The van der Waals surface area contributed by atoms with Crippen molar-refractivity contribution in [3.05, 3.63) is 23.8 Å². The summed E-state index contributed by atoms with van der Waals surface area (Å²) in [5, 5.41) is 19.0. The summed E-state index contributed by atoms with van der Waals surface area (Å²) >= 11 is 0. The fraction of sp³-hybridized carbons (Fsp3) is 0.588. The Labute approximate surface area is 121 Å². The Morgan fingerprint density at radius 3 is 2.20 bits per heavy atom. The van der Waals surface area contributed by atoms with E-state index < -0.39 is 0 Å². The molecule has 0 aliphatic heterocycles. The second kappa shape index (κ2) is 9.40. The van der Waals surface area contributed by atoms with E-state index in [0.717, 1.165) is 12.8 Å². The van der Waals surface area contributed by atoms with Gasteiger partial charge in [0.1, 0.15) is 0 Å². The van der Waals surface area contributed by atoms with Crippen molar-refractivity contribution in [1.82, 2.24) is 0 Å². The van der Waals surface area contributed by atoms with Crippen LogP contribution in [-0.4, -0.2) is 16.0 Å². The summed E-state index contributed by atoms with van der Waals surface area (Å²) in [5.74, 6) is -0.617. The van der Waals surface area contributed by atoms with E-state index in [1.165, 1.54) is 44.6 Å². The van der Waals surface area contributed by atoms with Gasteiger partial charge in [0, 0.05) is 6.42 Å². The predicted molar refractivity (Wildman–Crippen MR) is 81.3 cm³/mol. The number of unbranched alkanes of at least 4 members (excludes halogenated alkanes) is 7. The van der Waals surface area contributed by atoms with Crippen LogP contribution in [0.2, 0.25) is 0 Å². The molecule has 0 heterocycles. The molecule has 0 radical (unpaired) electrons. The summed E-state index contributed by atoms with van der Waals surface area (Å²) < 4.78 is 0. The van der Waals surface area contributed by atoms with Crippen LogP contribution in [0.1, 0.15) is 75.1 Å². The summed E-state index contributed by atoms with van der Waals surface area (Å²) in [6, 6.07) is 4.51. The number of carbonyl (C=O) groups excluding carboxylic acids is 1. The molecule has 3 heteroatoms. The first-order valence-electron chi connectivity index (χ1n) is 7.71. The average Bonchev–Trinajstić information content (AvgIpc) is 2.44. The van der Waals surface area contributed by atoms with Gasteiger partial charge >= 0.3 is 0 Å². The van der Waals surface area contributed by atoms with Gasteiger partial charge in [-0.15, -0.1) is 0 Å². The van der Waals surface area contributed by atoms with Crippen molar-refractivity contribution in [2.24, 2.45) is 0 Å². The third-order valence-electron chi connectivity index (χ3n) is 3.57. The maximum atomic E-state index is 11.9. The number of phenols is 2. The van der Waals surface area contributed by atoms with E-state index in [9.17, 15) is 15.0 Å². The third kappa shape index (κ3) is 5.64. The Bertz CT molecular complexity index is 413. The fourth-order valence-electron chi connectivity index (χ4n) is 2.31. The highest BCUT2D eigenvalue weighted by atomic mass is 16.3. The molecule has 0 atom stereocenters. The van der Waals surface area contributed by atoms with Gasteiger partial charge in [0.2, 0.25) is 0 Å². The van der Waals surface area contributed by atoms with E-state index in [-0.39, 0.29) is 22.8 Å². The van der Waals surface area contributed by atoms with Gasteiger partial charge in [-0.25, -0.2) is 0 Å². The highest BCUT2D eigenvalue weighted by Crippen LogP contribution is 2.29. The molecule has 1 rings (SSSR count). The quantitative estimate of drug-likeness (QED) is 0.367. The van der Waals surface area contributed by atoms with E-state index in [1.807, 2.05) is 0 Å². The molecule has 0 aliphatic rings.